The molecule has 0 amide bonds. The fourth-order valence-electron chi connectivity index (χ4n) is 13.7. The molecule has 0 aliphatic carbocycles. The average Bonchev–Trinajstić information content (AvgIpc) is 4.49. The molecule has 12 aromatic carbocycles. The van der Waals surface area contributed by atoms with Crippen molar-refractivity contribution in [2.75, 3.05) is 0 Å². The van der Waals surface area contributed by atoms with E-state index in [0.29, 0.717) is 0 Å². The average molecular weight is 1070 g/mol. The van der Waals surface area contributed by atoms with Crippen molar-refractivity contribution in [3.8, 4) is 33.9 Å². The normalized spacial score (nSPS) is 12.6. The third kappa shape index (κ3) is 6.89. The molecule has 16 aromatic rings. The number of hydrogen-bond acceptors (Lipinski definition) is 2. The van der Waals surface area contributed by atoms with E-state index in [9.17, 15) is 0 Å². The first-order chi connectivity index (χ1) is 40.2. The van der Waals surface area contributed by atoms with Gasteiger partial charge < -0.3 is 13.7 Å². The van der Waals surface area contributed by atoms with E-state index < -0.39 is 8.07 Å². The van der Waals surface area contributed by atoms with E-state index in [4.69, 9.17) is 4.98 Å². The van der Waals surface area contributed by atoms with Gasteiger partial charge in [-0.1, -0.05) is 200 Å². The van der Waals surface area contributed by atoms with Gasteiger partial charge in [0.05, 0.1) is 49.8 Å². The van der Waals surface area contributed by atoms with Crippen molar-refractivity contribution >= 4 is 117 Å². The second kappa shape index (κ2) is 18.1. The molecule has 7 heteroatoms. The maximum Gasteiger partial charge on any atom is 0.179 e. The zero-order chi connectivity index (χ0) is 53.2. The van der Waals surface area contributed by atoms with Crippen molar-refractivity contribution in [2.45, 2.75) is 10.9 Å². The minimum absolute atomic E-state index is 0.872. The molecule has 0 radical (unpaired) electrons. The Labute approximate surface area is 472 Å². The van der Waals surface area contributed by atoms with Crippen LogP contribution in [0.5, 0.6) is 0 Å². The molecule has 81 heavy (non-hydrogen) atoms. The first-order valence-corrected chi connectivity index (χ1v) is 30.8. The van der Waals surface area contributed by atoms with Gasteiger partial charge in [0, 0.05) is 55.1 Å². The molecule has 0 unspecified atom stereocenters. The van der Waals surface area contributed by atoms with Crippen LogP contribution in [0.4, 0.5) is 0 Å². The Bertz CT molecular complexity index is 4880. The van der Waals surface area contributed by atoms with Crippen LogP contribution in [-0.2, 0) is 5.75 Å². The van der Waals surface area contributed by atoms with Crippen molar-refractivity contribution in [1.82, 2.24) is 23.3 Å². The number of hydrogen-bond donors (Lipinski definition) is 0. The van der Waals surface area contributed by atoms with E-state index in [0.717, 1.165) is 50.0 Å². The molecule has 1 aliphatic heterocycles. The van der Waals surface area contributed by atoms with Crippen molar-refractivity contribution < 1.29 is 0 Å². The molecule has 0 saturated heterocycles. The highest BCUT2D eigenvalue weighted by molar-refractivity contribution is 7.98. The maximum absolute atomic E-state index is 5.00. The van der Waals surface area contributed by atoms with Crippen LogP contribution in [0.1, 0.15) is 5.56 Å². The molecule has 0 bridgehead atoms. The summed E-state index contributed by atoms with van der Waals surface area (Å²) in [6, 6.07) is 107. The second-order valence-corrected chi connectivity index (χ2v) is 26.2. The summed E-state index contributed by atoms with van der Waals surface area (Å²) in [5, 5.41) is 13.8. The van der Waals surface area contributed by atoms with Crippen molar-refractivity contribution in [2.24, 2.45) is 0 Å². The lowest BCUT2D eigenvalue weighted by Crippen LogP contribution is -2.74. The molecular formula is C74H49N5SSi. The van der Waals surface area contributed by atoms with E-state index in [1.165, 1.54) is 97.5 Å². The van der Waals surface area contributed by atoms with Crippen molar-refractivity contribution in [1.29, 1.82) is 0 Å². The van der Waals surface area contributed by atoms with Gasteiger partial charge in [-0.15, -0.1) is 0 Å². The summed E-state index contributed by atoms with van der Waals surface area (Å²) in [5.41, 5.74) is 17.6. The molecule has 380 valence electrons. The van der Waals surface area contributed by atoms with Gasteiger partial charge in [0.1, 0.15) is 0 Å². The predicted octanol–water partition coefficient (Wildman–Crippen LogP) is 16.0. The number of rotatable bonds is 8. The molecule has 17 rings (SSSR count). The zero-order valence-electron chi connectivity index (χ0n) is 44.0. The van der Waals surface area contributed by atoms with Crippen molar-refractivity contribution in [3.63, 3.8) is 0 Å². The highest BCUT2D eigenvalue weighted by Crippen LogP contribution is 2.41. The van der Waals surface area contributed by atoms with Gasteiger partial charge in [-0.2, -0.15) is 0 Å². The Hall–Kier alpha value is -9.92. The van der Waals surface area contributed by atoms with Crippen LogP contribution in [0.15, 0.2) is 290 Å². The molecule has 0 N–H and O–H groups in total. The number of imidazole rings is 1. The first-order valence-electron chi connectivity index (χ1n) is 27.8. The summed E-state index contributed by atoms with van der Waals surface area (Å²) in [6.45, 7) is 0. The van der Waals surface area contributed by atoms with Crippen LogP contribution in [-0.4, -0.2) is 31.3 Å². The Balaban J connectivity index is 0.887. The summed E-state index contributed by atoms with van der Waals surface area (Å²) < 4.78 is 9.74. The monoisotopic (exact) mass is 1070 g/mol. The molecule has 5 nitrogen and oxygen atoms in total. The quantitative estimate of drug-likeness (QED) is 0.112. The Morgan fingerprint density at radius 1 is 0.296 bits per heavy atom. The van der Waals surface area contributed by atoms with Crippen molar-refractivity contribution in [3.05, 3.63) is 291 Å². The van der Waals surface area contributed by atoms with E-state index in [1.54, 1.807) is 0 Å². The van der Waals surface area contributed by atoms with Gasteiger partial charge in [-0.05, 0) is 134 Å². The summed E-state index contributed by atoms with van der Waals surface area (Å²) in [5.74, 6) is 0.872. The molecule has 0 spiro atoms. The fourth-order valence-corrected chi connectivity index (χ4v) is 19.5. The smallest absolute Gasteiger partial charge is 0.179 e. The molecule has 1 aliphatic rings. The molecule has 0 saturated carbocycles. The number of nitrogens with zero attached hydrogens (tertiary/aromatic N) is 5. The fraction of sp³-hybridized carbons (Fsp3) is 0.0135. The molecular weight excluding hydrogens is 1020 g/mol. The topological polar surface area (TPSA) is 32.6 Å². The number of benzene rings is 12. The van der Waals surface area contributed by atoms with Gasteiger partial charge in [0.25, 0.3) is 0 Å². The third-order valence-corrected chi connectivity index (χ3v) is 22.9. The standard InChI is InChI=1S/C74H49N5SSi/c1-3-21-55(22-4-1)81(56-23-5-2-6-24-56,57-25-17-19-49(44-57)50-37-40-66-51(43-50)48-80-74-75-65-31-11-16-36-73(65)79(66)74)58-26-18-20-52(45-58)76-71-41-38-53(77-67-32-12-7-27-59(67)60-28-8-13-33-68(60)77)46-63(71)64-47-54(39-42-72(64)76)78-69-34-14-9-29-61(69)62-30-10-15-35-70(62)78/h1-47H,48H2. The zero-order valence-corrected chi connectivity index (χ0v) is 45.8. The molecule has 0 atom stereocenters. The number of aromatic nitrogens is 5. The Kier molecular flexibility index (Phi) is 10.3. The van der Waals surface area contributed by atoms with Crippen LogP contribution in [0.2, 0.25) is 0 Å². The lowest BCUT2D eigenvalue weighted by Gasteiger charge is -2.35. The Morgan fingerprint density at radius 2 is 0.728 bits per heavy atom. The van der Waals surface area contributed by atoms with Crippen LogP contribution >= 0.6 is 11.8 Å². The third-order valence-electron chi connectivity index (χ3n) is 17.2. The van der Waals surface area contributed by atoms with Gasteiger partial charge >= 0.3 is 0 Å². The van der Waals surface area contributed by atoms with Gasteiger partial charge in [0.15, 0.2) is 13.2 Å². The van der Waals surface area contributed by atoms with Crippen LogP contribution in [0.25, 0.3) is 110 Å². The largest absolute Gasteiger partial charge is 0.309 e. The first kappa shape index (κ1) is 46.0. The summed E-state index contributed by atoms with van der Waals surface area (Å²) in [6.07, 6.45) is 0. The number of para-hydroxylation sites is 6. The van der Waals surface area contributed by atoms with Crippen LogP contribution < -0.4 is 20.7 Å². The van der Waals surface area contributed by atoms with E-state index in [2.05, 4.69) is 303 Å². The van der Waals surface area contributed by atoms with Crippen LogP contribution in [0, 0.1) is 0 Å². The van der Waals surface area contributed by atoms with Gasteiger partial charge in [-0.25, -0.2) is 4.98 Å². The van der Waals surface area contributed by atoms with E-state index in [-0.39, 0.29) is 0 Å². The van der Waals surface area contributed by atoms with E-state index >= 15 is 0 Å². The minimum atomic E-state index is -3.07. The van der Waals surface area contributed by atoms with Gasteiger partial charge in [0.2, 0.25) is 0 Å². The molecule has 0 fully saturated rings. The Morgan fingerprint density at radius 3 is 1.28 bits per heavy atom. The second-order valence-electron chi connectivity index (χ2n) is 21.4. The summed E-state index contributed by atoms with van der Waals surface area (Å²) >= 11 is 1.82. The molecule has 5 heterocycles. The number of fused-ring (bicyclic) bond motifs is 14. The minimum Gasteiger partial charge on any atom is -0.309 e. The lowest BCUT2D eigenvalue weighted by atomic mass is 10.0. The highest BCUT2D eigenvalue weighted by Gasteiger charge is 2.42. The summed E-state index contributed by atoms with van der Waals surface area (Å²) in [7, 11) is -3.07. The highest BCUT2D eigenvalue weighted by atomic mass is 32.2. The molecule has 4 aromatic heterocycles. The van der Waals surface area contributed by atoms with E-state index in [1.807, 2.05) is 11.8 Å². The maximum atomic E-state index is 5.00. The lowest BCUT2D eigenvalue weighted by molar-refractivity contribution is 0.895. The summed E-state index contributed by atoms with van der Waals surface area (Å²) in [4.78, 5) is 5.00. The predicted molar refractivity (Wildman–Crippen MR) is 343 cm³/mol. The van der Waals surface area contributed by atoms with Gasteiger partial charge in [-0.3, -0.25) is 4.57 Å². The number of thioether (sulfide) groups is 1. The van der Waals surface area contributed by atoms with Crippen LogP contribution in [0.3, 0.4) is 0 Å². The SMILES string of the molecule is c1ccc([Si](c2ccccc2)(c2cccc(-c3ccc4c(c3)CSc3nc5ccccc5n3-4)c2)c2cccc(-n3c4ccc(-n5c6ccccc6c6ccccc65)cc4c4cc(-n5c6ccccc6c6ccccc65)ccc43)c2)cc1.